The minimum Gasteiger partial charge on any atom is -0.351 e. The summed E-state index contributed by atoms with van der Waals surface area (Å²) in [5.41, 5.74) is 1.56. The molecular weight excluding hydrogens is 364 g/mol. The van der Waals surface area contributed by atoms with Crippen LogP contribution in [-0.4, -0.2) is 78.9 Å². The summed E-state index contributed by atoms with van der Waals surface area (Å²) in [4.78, 5) is 32.9. The fraction of sp³-hybridized carbons (Fsp3) is 0.652. The third-order valence-corrected chi connectivity index (χ3v) is 6.73. The smallest absolute Gasteiger partial charge is 0.255 e. The predicted molar refractivity (Wildman–Crippen MR) is 114 cm³/mol. The van der Waals surface area contributed by atoms with E-state index in [1.807, 2.05) is 24.3 Å². The molecule has 1 aliphatic carbocycles. The van der Waals surface area contributed by atoms with Gasteiger partial charge in [-0.3, -0.25) is 9.59 Å². The minimum absolute atomic E-state index is 0.00257. The topological polar surface area (TPSA) is 55.9 Å². The van der Waals surface area contributed by atoms with Gasteiger partial charge in [0, 0.05) is 44.3 Å². The number of fused-ring (bicyclic) bond motifs is 1. The number of rotatable bonds is 6. The molecule has 0 spiro atoms. The second-order valence-corrected chi connectivity index (χ2v) is 8.83. The summed E-state index contributed by atoms with van der Waals surface area (Å²) in [6.07, 6.45) is 6.63. The van der Waals surface area contributed by atoms with Crippen LogP contribution in [0.25, 0.3) is 0 Å². The molecule has 0 aromatic heterocycles. The zero-order valence-corrected chi connectivity index (χ0v) is 17.6. The minimum atomic E-state index is -0.479. The van der Waals surface area contributed by atoms with Crippen molar-refractivity contribution < 1.29 is 9.59 Å². The van der Waals surface area contributed by atoms with Crippen LogP contribution in [0.4, 0.5) is 0 Å². The van der Waals surface area contributed by atoms with Crippen molar-refractivity contribution in [3.8, 4) is 0 Å². The number of benzene rings is 1. The molecule has 2 amide bonds. The van der Waals surface area contributed by atoms with Crippen LogP contribution in [0, 0.1) is 0 Å². The highest BCUT2D eigenvalue weighted by Crippen LogP contribution is 2.34. The molecule has 2 heterocycles. The Bertz CT molecular complexity index is 723. The Morgan fingerprint density at radius 2 is 1.76 bits per heavy atom. The van der Waals surface area contributed by atoms with Gasteiger partial charge in [0.05, 0.1) is 0 Å². The molecule has 1 atom stereocenters. The van der Waals surface area contributed by atoms with Gasteiger partial charge >= 0.3 is 0 Å². The number of hydrogen-bond acceptors (Lipinski definition) is 4. The zero-order valence-electron chi connectivity index (χ0n) is 17.6. The van der Waals surface area contributed by atoms with Gasteiger partial charge < -0.3 is 20.0 Å². The van der Waals surface area contributed by atoms with Crippen LogP contribution in [0.2, 0.25) is 0 Å². The molecule has 6 heteroatoms. The molecule has 4 rings (SSSR count). The van der Waals surface area contributed by atoms with E-state index in [1.54, 1.807) is 4.90 Å². The number of amides is 2. The van der Waals surface area contributed by atoms with Gasteiger partial charge in [-0.15, -0.1) is 0 Å². The summed E-state index contributed by atoms with van der Waals surface area (Å²) in [6, 6.07) is 7.40. The van der Waals surface area contributed by atoms with Gasteiger partial charge in [0.15, 0.2) is 0 Å². The number of carbonyl (C=O) groups excluding carboxylic acids is 2. The summed E-state index contributed by atoms with van der Waals surface area (Å²) >= 11 is 0. The van der Waals surface area contributed by atoms with E-state index in [2.05, 4.69) is 22.2 Å². The molecule has 0 bridgehead atoms. The Morgan fingerprint density at radius 3 is 2.52 bits per heavy atom. The van der Waals surface area contributed by atoms with Crippen LogP contribution in [0.15, 0.2) is 24.3 Å². The van der Waals surface area contributed by atoms with Gasteiger partial charge in [0.25, 0.3) is 5.91 Å². The van der Waals surface area contributed by atoms with Gasteiger partial charge in [-0.05, 0) is 44.5 Å². The number of nitrogens with one attached hydrogen (secondary N) is 1. The summed E-state index contributed by atoms with van der Waals surface area (Å²) < 4.78 is 0. The van der Waals surface area contributed by atoms with Gasteiger partial charge in [-0.1, -0.05) is 37.5 Å². The van der Waals surface area contributed by atoms with Crippen LogP contribution in [0.5, 0.6) is 0 Å². The van der Waals surface area contributed by atoms with Crippen molar-refractivity contribution in [1.82, 2.24) is 20.0 Å². The monoisotopic (exact) mass is 398 g/mol. The highest BCUT2D eigenvalue weighted by molar-refractivity contribution is 6.04. The Balaban J connectivity index is 1.41. The van der Waals surface area contributed by atoms with E-state index in [0.717, 1.165) is 57.5 Å². The van der Waals surface area contributed by atoms with Crippen LogP contribution < -0.4 is 5.32 Å². The van der Waals surface area contributed by atoms with Gasteiger partial charge in [-0.2, -0.15) is 0 Å². The molecule has 6 nitrogen and oxygen atoms in total. The quantitative estimate of drug-likeness (QED) is 0.799. The lowest BCUT2D eigenvalue weighted by atomic mass is 9.95. The van der Waals surface area contributed by atoms with Gasteiger partial charge in [0.1, 0.15) is 6.04 Å². The van der Waals surface area contributed by atoms with Crippen LogP contribution >= 0.6 is 0 Å². The van der Waals surface area contributed by atoms with Crippen molar-refractivity contribution in [1.29, 1.82) is 0 Å². The van der Waals surface area contributed by atoms with Crippen LogP contribution in [-0.2, 0) is 4.79 Å². The zero-order chi connectivity index (χ0) is 20.2. The fourth-order valence-corrected chi connectivity index (χ4v) is 4.95. The first-order valence-electron chi connectivity index (χ1n) is 11.2. The van der Waals surface area contributed by atoms with E-state index in [-0.39, 0.29) is 17.9 Å². The van der Waals surface area contributed by atoms with Crippen molar-refractivity contribution in [3.05, 3.63) is 35.4 Å². The molecule has 1 saturated heterocycles. The van der Waals surface area contributed by atoms with E-state index in [1.165, 1.54) is 19.3 Å². The molecule has 0 radical (unpaired) electrons. The van der Waals surface area contributed by atoms with Crippen LogP contribution in [0.1, 0.15) is 60.5 Å². The standard InChI is InChI=1S/C23H34N4O2/c1-25-14-16-26(17-15-25)12-7-13-27-21(19-10-5-6-11-20(19)23(27)29)22(28)24-18-8-3-2-4-9-18/h5-6,10-11,18,21H,2-4,7-9,12-17H2,1H3,(H,24,28)/t21-/m1/s1. The van der Waals surface area contributed by atoms with Crippen molar-refractivity contribution >= 4 is 11.8 Å². The van der Waals surface area contributed by atoms with Crippen molar-refractivity contribution in [2.24, 2.45) is 0 Å². The number of nitrogens with zero attached hydrogens (tertiary/aromatic N) is 3. The molecule has 1 aromatic rings. The lowest BCUT2D eigenvalue weighted by Crippen LogP contribution is -2.46. The average molecular weight is 399 g/mol. The molecule has 2 aliphatic heterocycles. The van der Waals surface area contributed by atoms with E-state index < -0.39 is 6.04 Å². The van der Waals surface area contributed by atoms with E-state index in [0.29, 0.717) is 12.1 Å². The molecule has 1 N–H and O–H groups in total. The first-order valence-corrected chi connectivity index (χ1v) is 11.2. The largest absolute Gasteiger partial charge is 0.351 e. The van der Waals surface area contributed by atoms with Gasteiger partial charge in [-0.25, -0.2) is 0 Å². The molecule has 2 fully saturated rings. The van der Waals surface area contributed by atoms with Gasteiger partial charge in [0.2, 0.25) is 5.91 Å². The number of piperazine rings is 1. The Hall–Kier alpha value is -1.92. The molecule has 3 aliphatic rings. The summed E-state index contributed by atoms with van der Waals surface area (Å²) in [5.74, 6) is -0.00225. The maximum atomic E-state index is 13.2. The maximum Gasteiger partial charge on any atom is 0.255 e. The molecular formula is C23H34N4O2. The van der Waals surface area contributed by atoms with E-state index >= 15 is 0 Å². The highest BCUT2D eigenvalue weighted by Gasteiger charge is 2.41. The lowest BCUT2D eigenvalue weighted by molar-refractivity contribution is -0.126. The Morgan fingerprint density at radius 1 is 1.03 bits per heavy atom. The number of likely N-dealkylation sites (N-methyl/N-ethyl adjacent to an activating group) is 1. The normalized spacial score (nSPS) is 24.0. The van der Waals surface area contributed by atoms with Crippen molar-refractivity contribution in [3.63, 3.8) is 0 Å². The van der Waals surface area contributed by atoms with E-state index in [4.69, 9.17) is 0 Å². The van der Waals surface area contributed by atoms with Crippen molar-refractivity contribution in [2.75, 3.05) is 46.3 Å². The molecule has 0 unspecified atom stereocenters. The maximum absolute atomic E-state index is 13.2. The molecule has 29 heavy (non-hydrogen) atoms. The van der Waals surface area contributed by atoms with Crippen molar-refractivity contribution in [2.45, 2.75) is 50.6 Å². The second kappa shape index (κ2) is 9.26. The number of carbonyl (C=O) groups is 2. The molecule has 1 aromatic carbocycles. The average Bonchev–Trinajstić information content (AvgIpc) is 3.02. The predicted octanol–water partition coefficient (Wildman–Crippen LogP) is 2.27. The Labute approximate surface area is 174 Å². The first-order chi connectivity index (χ1) is 14.1. The van der Waals surface area contributed by atoms with Crippen LogP contribution in [0.3, 0.4) is 0 Å². The van der Waals surface area contributed by atoms with E-state index in [9.17, 15) is 9.59 Å². The molecule has 1 saturated carbocycles. The third-order valence-electron chi connectivity index (χ3n) is 6.73. The SMILES string of the molecule is CN1CCN(CCCN2C(=O)c3ccccc3[C@@H]2C(=O)NC2CCCCC2)CC1. The molecule has 158 valence electrons. The summed E-state index contributed by atoms with van der Waals surface area (Å²) in [5, 5.41) is 3.25. The summed E-state index contributed by atoms with van der Waals surface area (Å²) in [7, 11) is 2.16. The summed E-state index contributed by atoms with van der Waals surface area (Å²) in [6.45, 7) is 5.96. The highest BCUT2D eigenvalue weighted by atomic mass is 16.2. The Kier molecular flexibility index (Phi) is 6.50. The first kappa shape index (κ1) is 20.4. The third kappa shape index (κ3) is 4.64. The lowest BCUT2D eigenvalue weighted by Gasteiger charge is -2.33. The number of hydrogen-bond donors (Lipinski definition) is 1. The second-order valence-electron chi connectivity index (χ2n) is 8.83. The fourth-order valence-electron chi connectivity index (χ4n) is 4.95.